The van der Waals surface area contributed by atoms with E-state index in [1.54, 1.807) is 6.92 Å². The molecule has 0 aromatic carbocycles. The van der Waals surface area contributed by atoms with Crippen molar-refractivity contribution in [2.45, 2.75) is 25.6 Å². The molecule has 0 spiro atoms. The summed E-state index contributed by atoms with van der Waals surface area (Å²) in [5, 5.41) is 13.5. The average molecular weight is 277 g/mol. The first-order chi connectivity index (χ1) is 8.82. The number of nitrogens with one attached hydrogen (secondary N) is 2. The second-order valence-corrected chi connectivity index (χ2v) is 3.94. The molecule has 0 saturated heterocycles. The predicted octanol–water partition coefficient (Wildman–Crippen LogP) is 1.99. The molecule has 106 valence electrons. The third kappa shape index (κ3) is 5.12. The summed E-state index contributed by atoms with van der Waals surface area (Å²) in [5.74, 6) is 0. The summed E-state index contributed by atoms with van der Waals surface area (Å²) in [6.45, 7) is 1.63. The topological polar surface area (TPSA) is 74.2 Å². The molecule has 2 amide bonds. The monoisotopic (exact) mass is 277 g/mol. The van der Waals surface area contributed by atoms with Gasteiger partial charge in [-0.3, -0.25) is 0 Å². The molecule has 3 N–H and O–H groups in total. The van der Waals surface area contributed by atoms with Gasteiger partial charge in [-0.25, -0.2) is 9.78 Å². The first kappa shape index (κ1) is 15.2. The normalized spacial score (nSPS) is 12.9. The SMILES string of the molecule is C[C@H](CCO)NC(=O)Nc1ccc(C(F)(F)F)nc1. The number of aliphatic hydroxyl groups is 1. The first-order valence-corrected chi connectivity index (χ1v) is 5.54. The van der Waals surface area contributed by atoms with Gasteiger partial charge in [0.05, 0.1) is 11.9 Å². The Morgan fingerprint density at radius 3 is 2.63 bits per heavy atom. The van der Waals surface area contributed by atoms with Gasteiger partial charge in [-0.2, -0.15) is 13.2 Å². The second-order valence-electron chi connectivity index (χ2n) is 3.94. The van der Waals surface area contributed by atoms with Crippen molar-refractivity contribution in [3.05, 3.63) is 24.0 Å². The van der Waals surface area contributed by atoms with Crippen LogP contribution < -0.4 is 10.6 Å². The molecule has 0 bridgehead atoms. The molecule has 0 saturated carbocycles. The van der Waals surface area contributed by atoms with Gasteiger partial charge in [-0.15, -0.1) is 0 Å². The van der Waals surface area contributed by atoms with Crippen molar-refractivity contribution in [2.24, 2.45) is 0 Å². The van der Waals surface area contributed by atoms with Gasteiger partial charge < -0.3 is 15.7 Å². The lowest BCUT2D eigenvalue weighted by molar-refractivity contribution is -0.141. The molecule has 1 aromatic heterocycles. The number of carbonyl (C=O) groups is 1. The first-order valence-electron chi connectivity index (χ1n) is 5.54. The van der Waals surface area contributed by atoms with Crippen LogP contribution in [0.1, 0.15) is 19.0 Å². The maximum absolute atomic E-state index is 12.3. The molecule has 1 heterocycles. The Kier molecular flexibility index (Phi) is 5.11. The predicted molar refractivity (Wildman–Crippen MR) is 62.6 cm³/mol. The fraction of sp³-hybridized carbons (Fsp3) is 0.455. The lowest BCUT2D eigenvalue weighted by atomic mass is 10.2. The van der Waals surface area contributed by atoms with Crippen molar-refractivity contribution >= 4 is 11.7 Å². The highest BCUT2D eigenvalue weighted by atomic mass is 19.4. The van der Waals surface area contributed by atoms with E-state index in [1.165, 1.54) is 0 Å². The van der Waals surface area contributed by atoms with Crippen LogP contribution in [0.3, 0.4) is 0 Å². The van der Waals surface area contributed by atoms with Crippen molar-refractivity contribution in [3.63, 3.8) is 0 Å². The van der Waals surface area contributed by atoms with Crippen LogP contribution in [0.4, 0.5) is 23.7 Å². The summed E-state index contributed by atoms with van der Waals surface area (Å²) in [6.07, 6.45) is -3.19. The lowest BCUT2D eigenvalue weighted by Gasteiger charge is -2.13. The summed E-state index contributed by atoms with van der Waals surface area (Å²) >= 11 is 0. The number of amides is 2. The van der Waals surface area contributed by atoms with Crippen LogP contribution in [0.15, 0.2) is 18.3 Å². The molecule has 0 aliphatic heterocycles. The van der Waals surface area contributed by atoms with Crippen molar-refractivity contribution in [3.8, 4) is 0 Å². The summed E-state index contributed by atoms with van der Waals surface area (Å²) in [6, 6.07) is 1.09. The molecule has 5 nitrogen and oxygen atoms in total. The Labute approximate surface area is 107 Å². The van der Waals surface area contributed by atoms with Gasteiger partial charge in [0, 0.05) is 12.6 Å². The highest BCUT2D eigenvalue weighted by molar-refractivity contribution is 5.89. The van der Waals surface area contributed by atoms with E-state index in [1.807, 2.05) is 0 Å². The van der Waals surface area contributed by atoms with Crippen LogP contribution in [0.25, 0.3) is 0 Å². The van der Waals surface area contributed by atoms with Gasteiger partial charge in [0.1, 0.15) is 5.69 Å². The Balaban J connectivity index is 2.56. The maximum Gasteiger partial charge on any atom is 0.433 e. The van der Waals surface area contributed by atoms with Crippen molar-refractivity contribution in [2.75, 3.05) is 11.9 Å². The van der Waals surface area contributed by atoms with E-state index < -0.39 is 17.9 Å². The number of carbonyl (C=O) groups excluding carboxylic acids is 1. The number of hydrogen-bond acceptors (Lipinski definition) is 3. The average Bonchev–Trinajstić information content (AvgIpc) is 2.28. The van der Waals surface area contributed by atoms with Gasteiger partial charge in [-0.05, 0) is 25.5 Å². The van der Waals surface area contributed by atoms with Crippen molar-refractivity contribution < 1.29 is 23.1 Å². The number of rotatable bonds is 4. The molecule has 19 heavy (non-hydrogen) atoms. The molecular formula is C11H14F3N3O2. The van der Waals surface area contributed by atoms with E-state index in [0.29, 0.717) is 6.42 Å². The van der Waals surface area contributed by atoms with Crippen LogP contribution in [0.5, 0.6) is 0 Å². The van der Waals surface area contributed by atoms with Crippen LogP contribution >= 0.6 is 0 Å². The Hall–Kier alpha value is -1.83. The molecule has 1 rings (SSSR count). The van der Waals surface area contributed by atoms with Crippen LogP contribution in [-0.2, 0) is 6.18 Å². The summed E-state index contributed by atoms with van der Waals surface area (Å²) < 4.78 is 36.8. The molecular weight excluding hydrogens is 263 g/mol. The number of aliphatic hydroxyl groups excluding tert-OH is 1. The van der Waals surface area contributed by atoms with E-state index >= 15 is 0 Å². The summed E-state index contributed by atoms with van der Waals surface area (Å²) in [7, 11) is 0. The van der Waals surface area contributed by atoms with Crippen LogP contribution in [0, 0.1) is 0 Å². The van der Waals surface area contributed by atoms with E-state index in [9.17, 15) is 18.0 Å². The second kappa shape index (κ2) is 6.37. The van der Waals surface area contributed by atoms with E-state index in [4.69, 9.17) is 5.11 Å². The summed E-state index contributed by atoms with van der Waals surface area (Å²) in [5.41, 5.74) is -0.867. The lowest BCUT2D eigenvalue weighted by Crippen LogP contribution is -2.36. The number of aromatic nitrogens is 1. The number of pyridine rings is 1. The molecule has 1 atom stereocenters. The fourth-order valence-corrected chi connectivity index (χ4v) is 1.29. The minimum Gasteiger partial charge on any atom is -0.396 e. The van der Waals surface area contributed by atoms with Crippen molar-refractivity contribution in [1.29, 1.82) is 0 Å². The molecule has 0 aliphatic carbocycles. The van der Waals surface area contributed by atoms with Gasteiger partial charge >= 0.3 is 12.2 Å². The number of halogens is 3. The van der Waals surface area contributed by atoms with Gasteiger partial charge in [-0.1, -0.05) is 0 Å². The van der Waals surface area contributed by atoms with E-state index in [-0.39, 0.29) is 18.3 Å². The Morgan fingerprint density at radius 1 is 1.47 bits per heavy atom. The zero-order chi connectivity index (χ0) is 14.5. The molecule has 0 unspecified atom stereocenters. The molecule has 1 aromatic rings. The highest BCUT2D eigenvalue weighted by Gasteiger charge is 2.32. The van der Waals surface area contributed by atoms with Gasteiger partial charge in [0.15, 0.2) is 0 Å². The highest BCUT2D eigenvalue weighted by Crippen LogP contribution is 2.27. The Bertz CT molecular complexity index is 420. The molecule has 0 aliphatic rings. The van der Waals surface area contributed by atoms with Gasteiger partial charge in [0.2, 0.25) is 0 Å². The third-order valence-electron chi connectivity index (χ3n) is 2.25. The minimum absolute atomic E-state index is 0.0662. The smallest absolute Gasteiger partial charge is 0.396 e. The molecule has 0 radical (unpaired) electrons. The number of hydrogen-bond donors (Lipinski definition) is 3. The quantitative estimate of drug-likeness (QED) is 0.788. The van der Waals surface area contributed by atoms with E-state index in [2.05, 4.69) is 15.6 Å². The van der Waals surface area contributed by atoms with Crippen LogP contribution in [-0.4, -0.2) is 28.8 Å². The molecule has 8 heteroatoms. The number of anilines is 1. The standard InChI is InChI=1S/C11H14F3N3O2/c1-7(4-5-18)16-10(19)17-8-2-3-9(15-6-8)11(12,13)14/h2-3,6-7,18H,4-5H2,1H3,(H2,16,17,19)/t7-/m1/s1. The summed E-state index contributed by atoms with van der Waals surface area (Å²) in [4.78, 5) is 14.6. The van der Waals surface area contributed by atoms with E-state index in [0.717, 1.165) is 18.3 Å². The maximum atomic E-state index is 12.3. The largest absolute Gasteiger partial charge is 0.433 e. The van der Waals surface area contributed by atoms with Crippen LogP contribution in [0.2, 0.25) is 0 Å². The number of alkyl halides is 3. The fourth-order valence-electron chi connectivity index (χ4n) is 1.29. The number of urea groups is 1. The minimum atomic E-state index is -4.50. The number of nitrogens with zero attached hydrogens (tertiary/aromatic N) is 1. The Morgan fingerprint density at radius 2 is 2.16 bits per heavy atom. The van der Waals surface area contributed by atoms with Gasteiger partial charge in [0.25, 0.3) is 0 Å². The molecule has 0 fully saturated rings. The zero-order valence-corrected chi connectivity index (χ0v) is 10.2. The van der Waals surface area contributed by atoms with Crippen molar-refractivity contribution in [1.82, 2.24) is 10.3 Å². The zero-order valence-electron chi connectivity index (χ0n) is 10.2. The third-order valence-corrected chi connectivity index (χ3v) is 2.25.